The zero-order valence-corrected chi connectivity index (χ0v) is 8.49. The van der Waals surface area contributed by atoms with Crippen molar-refractivity contribution < 1.29 is 39.9 Å². The zero-order valence-electron chi connectivity index (χ0n) is 8.49. The third kappa shape index (κ3) is 3.58. The number of aromatic nitrogens is 1. The maximum Gasteiger partial charge on any atom is 0.573 e. The molecule has 0 bridgehead atoms. The van der Waals surface area contributed by atoms with E-state index in [2.05, 4.69) is 4.74 Å². The number of H-pyrrole nitrogens is 1. The topological polar surface area (TPSA) is 42.1 Å². The van der Waals surface area contributed by atoms with Crippen molar-refractivity contribution in [3.63, 3.8) is 0 Å². The molecule has 0 aromatic carbocycles. The molecule has 1 rings (SSSR count). The van der Waals surface area contributed by atoms with Crippen LogP contribution in [0.25, 0.3) is 0 Å². The van der Waals surface area contributed by atoms with Crippen molar-refractivity contribution >= 4 is 0 Å². The molecule has 0 fully saturated rings. The summed E-state index contributed by atoms with van der Waals surface area (Å²) in [7, 11) is 0. The number of pyridine rings is 1. The molecule has 0 saturated heterocycles. The summed E-state index contributed by atoms with van der Waals surface area (Å²) >= 11 is 0. The Morgan fingerprint density at radius 3 is 2.00 bits per heavy atom. The second-order valence-corrected chi connectivity index (χ2v) is 3.12. The van der Waals surface area contributed by atoms with Crippen molar-refractivity contribution in [3.8, 4) is 5.75 Å². The lowest BCUT2D eigenvalue weighted by Crippen LogP contribution is -2.28. The third-order valence-electron chi connectivity index (χ3n) is 1.81. The van der Waals surface area contributed by atoms with Crippen LogP contribution in [0, 0.1) is 0 Å². The lowest BCUT2D eigenvalue weighted by atomic mass is 10.2. The van der Waals surface area contributed by atoms with Gasteiger partial charge in [0.15, 0.2) is 0 Å². The van der Waals surface area contributed by atoms with Gasteiger partial charge in [0, 0.05) is 6.20 Å². The molecule has 19 heavy (non-hydrogen) atoms. The first-order valence-electron chi connectivity index (χ1n) is 4.30. The first-order chi connectivity index (χ1) is 8.43. The predicted octanol–water partition coefficient (Wildman–Crippen LogP) is 3.23. The fraction of sp³-hybridized carbons (Fsp3) is 0.375. The maximum atomic E-state index is 12.3. The number of alkyl halides is 8. The van der Waals surface area contributed by atoms with Crippen LogP contribution in [0.1, 0.15) is 17.7 Å². The van der Waals surface area contributed by atoms with E-state index in [4.69, 9.17) is 0 Å². The Morgan fingerprint density at radius 1 is 1.11 bits per heavy atom. The standard InChI is InChI=1S/C8H3F8NO2/c9-6(10)3-5(19-8(14,15)16)4(18)2(1-17-3)7(11,12)13/h1,6H,(H,17,18). The Kier molecular flexibility index (Phi) is 3.77. The minimum Gasteiger partial charge on any atom is -0.399 e. The SMILES string of the molecule is O=c1c(C(F)(F)F)c[nH]c(C(F)F)c1OC(F)(F)F. The Morgan fingerprint density at radius 2 is 1.63 bits per heavy atom. The number of nitrogens with one attached hydrogen (secondary N) is 1. The summed E-state index contributed by atoms with van der Waals surface area (Å²) in [5.41, 5.74) is -6.08. The van der Waals surface area contributed by atoms with Gasteiger partial charge in [-0.2, -0.15) is 13.2 Å². The number of aromatic amines is 1. The minimum absolute atomic E-state index is 0.146. The van der Waals surface area contributed by atoms with Gasteiger partial charge < -0.3 is 9.72 Å². The molecule has 3 nitrogen and oxygen atoms in total. The van der Waals surface area contributed by atoms with Gasteiger partial charge in [0.05, 0.1) is 0 Å². The molecule has 0 aliphatic carbocycles. The summed E-state index contributed by atoms with van der Waals surface area (Å²) in [4.78, 5) is 12.4. The largest absolute Gasteiger partial charge is 0.573 e. The molecule has 1 aromatic rings. The van der Waals surface area contributed by atoms with Crippen LogP contribution in [-0.2, 0) is 6.18 Å². The van der Waals surface area contributed by atoms with E-state index >= 15 is 0 Å². The van der Waals surface area contributed by atoms with Gasteiger partial charge in [-0.1, -0.05) is 0 Å². The Hall–Kier alpha value is -1.81. The van der Waals surface area contributed by atoms with Crippen molar-refractivity contribution in [2.24, 2.45) is 0 Å². The molecule has 1 N–H and O–H groups in total. The Bertz CT molecular complexity index is 515. The average Bonchev–Trinajstić information content (AvgIpc) is 2.16. The predicted molar refractivity (Wildman–Crippen MR) is 43.7 cm³/mol. The molecule has 0 radical (unpaired) electrons. The van der Waals surface area contributed by atoms with E-state index in [-0.39, 0.29) is 6.20 Å². The lowest BCUT2D eigenvalue weighted by molar-refractivity contribution is -0.275. The first kappa shape index (κ1) is 15.2. The molecule has 1 aromatic heterocycles. The van der Waals surface area contributed by atoms with E-state index in [1.54, 1.807) is 0 Å². The van der Waals surface area contributed by atoms with Crippen LogP contribution >= 0.6 is 0 Å². The van der Waals surface area contributed by atoms with Crippen molar-refractivity contribution in [2.45, 2.75) is 19.0 Å². The monoisotopic (exact) mass is 297 g/mol. The highest BCUT2D eigenvalue weighted by molar-refractivity contribution is 5.34. The van der Waals surface area contributed by atoms with Gasteiger partial charge in [-0.15, -0.1) is 13.2 Å². The summed E-state index contributed by atoms with van der Waals surface area (Å²) in [5.74, 6) is -2.13. The van der Waals surface area contributed by atoms with Crippen LogP contribution in [0.2, 0.25) is 0 Å². The van der Waals surface area contributed by atoms with Crippen molar-refractivity contribution in [2.75, 3.05) is 0 Å². The summed E-state index contributed by atoms with van der Waals surface area (Å²) in [6.07, 6.45) is -14.7. The summed E-state index contributed by atoms with van der Waals surface area (Å²) in [5, 5.41) is 0. The van der Waals surface area contributed by atoms with Gasteiger partial charge in [0.1, 0.15) is 11.3 Å². The smallest absolute Gasteiger partial charge is 0.399 e. The van der Waals surface area contributed by atoms with Gasteiger partial charge in [-0.25, -0.2) is 8.78 Å². The zero-order chi connectivity index (χ0) is 15.0. The van der Waals surface area contributed by atoms with E-state index in [0.717, 1.165) is 0 Å². The highest BCUT2D eigenvalue weighted by Gasteiger charge is 2.40. The number of halogens is 8. The molecule has 1 heterocycles. The molecule has 0 aliphatic heterocycles. The van der Waals surface area contributed by atoms with Crippen LogP contribution in [0.5, 0.6) is 5.75 Å². The maximum absolute atomic E-state index is 12.3. The van der Waals surface area contributed by atoms with Crippen LogP contribution in [0.15, 0.2) is 11.0 Å². The molecular formula is C8H3F8NO2. The van der Waals surface area contributed by atoms with E-state index in [1.165, 1.54) is 4.98 Å². The van der Waals surface area contributed by atoms with Crippen LogP contribution in [-0.4, -0.2) is 11.3 Å². The molecule has 0 spiro atoms. The quantitative estimate of drug-likeness (QED) is 0.852. The fourth-order valence-corrected chi connectivity index (χ4v) is 1.12. The van der Waals surface area contributed by atoms with E-state index in [0.29, 0.717) is 0 Å². The number of rotatable bonds is 2. The molecule has 11 heteroatoms. The van der Waals surface area contributed by atoms with Gasteiger partial charge in [0.25, 0.3) is 6.43 Å². The molecule has 0 atom stereocenters. The lowest BCUT2D eigenvalue weighted by Gasteiger charge is -2.14. The van der Waals surface area contributed by atoms with Crippen molar-refractivity contribution in [1.82, 2.24) is 4.98 Å². The van der Waals surface area contributed by atoms with Gasteiger partial charge in [-0.05, 0) is 0 Å². The highest BCUT2D eigenvalue weighted by atomic mass is 19.4. The second kappa shape index (κ2) is 4.70. The van der Waals surface area contributed by atoms with Gasteiger partial charge >= 0.3 is 12.5 Å². The number of hydrogen-bond donors (Lipinski definition) is 1. The first-order valence-corrected chi connectivity index (χ1v) is 4.30. The van der Waals surface area contributed by atoms with Crippen LogP contribution in [0.4, 0.5) is 35.1 Å². The van der Waals surface area contributed by atoms with E-state index in [1.807, 2.05) is 0 Å². The molecule has 0 unspecified atom stereocenters. The molecule has 0 saturated carbocycles. The average molecular weight is 297 g/mol. The Labute approximate surface area is 98.3 Å². The van der Waals surface area contributed by atoms with E-state index in [9.17, 15) is 39.9 Å². The van der Waals surface area contributed by atoms with E-state index < -0.39 is 41.4 Å². The second-order valence-electron chi connectivity index (χ2n) is 3.12. The number of ether oxygens (including phenoxy) is 1. The minimum atomic E-state index is -5.58. The molecular weight excluding hydrogens is 294 g/mol. The van der Waals surface area contributed by atoms with Crippen LogP contribution in [0.3, 0.4) is 0 Å². The molecule has 0 amide bonds. The van der Waals surface area contributed by atoms with Crippen molar-refractivity contribution in [1.29, 1.82) is 0 Å². The summed E-state index contributed by atoms with van der Waals surface area (Å²) < 4.78 is 100.0. The van der Waals surface area contributed by atoms with Crippen molar-refractivity contribution in [3.05, 3.63) is 27.7 Å². The summed E-state index contributed by atoms with van der Waals surface area (Å²) in [6.45, 7) is 0. The summed E-state index contributed by atoms with van der Waals surface area (Å²) in [6, 6.07) is 0. The molecule has 108 valence electrons. The third-order valence-corrected chi connectivity index (χ3v) is 1.81. The van der Waals surface area contributed by atoms with Gasteiger partial charge in [-0.3, -0.25) is 4.79 Å². The van der Waals surface area contributed by atoms with Gasteiger partial charge in [0.2, 0.25) is 11.2 Å². The molecule has 0 aliphatic rings. The number of hydrogen-bond acceptors (Lipinski definition) is 2. The van der Waals surface area contributed by atoms with Crippen LogP contribution < -0.4 is 10.2 Å². The normalized spacial score (nSPS) is 12.9. The highest BCUT2D eigenvalue weighted by Crippen LogP contribution is 2.33. The fourth-order valence-electron chi connectivity index (χ4n) is 1.12. The Balaban J connectivity index is 3.50.